The second kappa shape index (κ2) is 7.13. The van der Waals surface area contributed by atoms with Crippen molar-refractivity contribution in [2.45, 2.75) is 57.7 Å². The molecule has 2 atom stereocenters. The second-order valence-corrected chi connectivity index (χ2v) is 7.65. The van der Waals surface area contributed by atoms with Gasteiger partial charge in [0.1, 0.15) is 6.04 Å². The fourth-order valence-electron chi connectivity index (χ4n) is 3.43. The van der Waals surface area contributed by atoms with Crippen molar-refractivity contribution in [3.63, 3.8) is 0 Å². The smallest absolute Gasteiger partial charge is 0.242 e. The molecule has 3 N–H and O–H groups in total. The molecule has 8 nitrogen and oxygen atoms in total. The largest absolute Gasteiger partial charge is 0.325 e. The van der Waals surface area contributed by atoms with Crippen LogP contribution in [0.1, 0.15) is 45.6 Å². The first kappa shape index (κ1) is 17.1. The zero-order valence-electron chi connectivity index (χ0n) is 15.1. The minimum absolute atomic E-state index is 0.0253. The lowest BCUT2D eigenvalue weighted by atomic mass is 10.00. The zero-order valence-corrected chi connectivity index (χ0v) is 15.1. The Kier molecular flexibility index (Phi) is 4.69. The van der Waals surface area contributed by atoms with Crippen molar-refractivity contribution < 1.29 is 4.79 Å². The van der Waals surface area contributed by atoms with Crippen molar-refractivity contribution in [3.8, 4) is 11.4 Å². The van der Waals surface area contributed by atoms with Crippen LogP contribution in [0, 0.1) is 5.92 Å². The molecular formula is C18H25N7O. The second-order valence-electron chi connectivity index (χ2n) is 7.65. The summed E-state index contributed by atoms with van der Waals surface area (Å²) < 4.78 is 1.87. The summed E-state index contributed by atoms with van der Waals surface area (Å²) in [5.41, 5.74) is 8.00. The predicted molar refractivity (Wildman–Crippen MR) is 98.1 cm³/mol. The van der Waals surface area contributed by atoms with E-state index in [0.29, 0.717) is 18.0 Å². The molecule has 1 aliphatic carbocycles. The van der Waals surface area contributed by atoms with Crippen LogP contribution >= 0.6 is 0 Å². The number of carbonyl (C=O) groups excluding carboxylic acids is 1. The van der Waals surface area contributed by atoms with E-state index >= 15 is 0 Å². The van der Waals surface area contributed by atoms with Gasteiger partial charge in [0.05, 0.1) is 6.04 Å². The van der Waals surface area contributed by atoms with Crippen molar-refractivity contribution in [1.29, 1.82) is 0 Å². The number of aromatic nitrogens is 4. The third-order valence-electron chi connectivity index (χ3n) is 4.83. The molecule has 2 unspecified atom stereocenters. The van der Waals surface area contributed by atoms with Gasteiger partial charge in [-0.2, -0.15) is 0 Å². The van der Waals surface area contributed by atoms with Gasteiger partial charge in [0.15, 0.2) is 5.82 Å². The van der Waals surface area contributed by atoms with E-state index in [4.69, 9.17) is 0 Å². The van der Waals surface area contributed by atoms with E-state index in [1.807, 2.05) is 28.9 Å². The molecule has 1 aromatic carbocycles. The summed E-state index contributed by atoms with van der Waals surface area (Å²) in [4.78, 5) is 12.6. The summed E-state index contributed by atoms with van der Waals surface area (Å²) in [7, 11) is 0. The highest BCUT2D eigenvalue weighted by Gasteiger charge is 2.30. The number of nitrogens with one attached hydrogen (secondary N) is 3. The van der Waals surface area contributed by atoms with Crippen LogP contribution in [0.25, 0.3) is 11.4 Å². The number of tetrazole rings is 1. The molecular weight excluding hydrogens is 330 g/mol. The average Bonchev–Trinajstić information content (AvgIpc) is 3.15. The Bertz CT molecular complexity index is 783. The highest BCUT2D eigenvalue weighted by atomic mass is 16.2. The van der Waals surface area contributed by atoms with Crippen molar-refractivity contribution in [2.75, 3.05) is 5.32 Å². The van der Waals surface area contributed by atoms with Crippen LogP contribution in [0.2, 0.25) is 0 Å². The van der Waals surface area contributed by atoms with Crippen LogP contribution in [0.5, 0.6) is 0 Å². The van der Waals surface area contributed by atoms with Gasteiger partial charge in [-0.3, -0.25) is 10.2 Å². The number of nitrogens with zero attached hydrogens (tertiary/aromatic N) is 4. The Morgan fingerprint density at radius 3 is 2.96 bits per heavy atom. The van der Waals surface area contributed by atoms with Crippen LogP contribution < -0.4 is 16.2 Å². The lowest BCUT2D eigenvalue weighted by Gasteiger charge is -2.12. The molecule has 0 radical (unpaired) electrons. The average molecular weight is 355 g/mol. The fourth-order valence-corrected chi connectivity index (χ4v) is 3.43. The number of hydrogen-bond donors (Lipinski definition) is 3. The van der Waals surface area contributed by atoms with Crippen LogP contribution in [0.3, 0.4) is 0 Å². The molecule has 0 spiro atoms. The highest BCUT2D eigenvalue weighted by molar-refractivity contribution is 5.95. The summed E-state index contributed by atoms with van der Waals surface area (Å²) in [5.74, 6) is 1.33. The Balaban J connectivity index is 1.42. The van der Waals surface area contributed by atoms with Crippen LogP contribution in [0.4, 0.5) is 5.69 Å². The standard InChI is InChI=1S/C18H25N7O/c1-11(2)8-14-10-16(21-20-14)18(26)19-13-5-3-4-12(9-13)17-22-23-24-25(17)15-6-7-15/h3-5,9,11,14-16,20-21H,6-8,10H2,1-2H3,(H,19,26). The molecule has 8 heteroatoms. The van der Waals surface area contributed by atoms with Gasteiger partial charge in [-0.05, 0) is 54.2 Å². The molecule has 26 heavy (non-hydrogen) atoms. The van der Waals surface area contributed by atoms with Gasteiger partial charge in [-0.1, -0.05) is 26.0 Å². The van der Waals surface area contributed by atoms with Gasteiger partial charge >= 0.3 is 0 Å². The summed E-state index contributed by atoms with van der Waals surface area (Å²) in [6, 6.07) is 8.22. The van der Waals surface area contributed by atoms with Crippen molar-refractivity contribution in [1.82, 2.24) is 31.1 Å². The lowest BCUT2D eigenvalue weighted by Crippen LogP contribution is -2.40. The van der Waals surface area contributed by atoms with Gasteiger partial charge < -0.3 is 5.32 Å². The van der Waals surface area contributed by atoms with E-state index in [2.05, 4.69) is 45.5 Å². The molecule has 1 aromatic heterocycles. The number of benzene rings is 1. The summed E-state index contributed by atoms with van der Waals surface area (Å²) in [6.07, 6.45) is 4.08. The lowest BCUT2D eigenvalue weighted by molar-refractivity contribution is -0.117. The van der Waals surface area contributed by atoms with E-state index in [1.165, 1.54) is 0 Å². The zero-order chi connectivity index (χ0) is 18.1. The molecule has 2 aromatic rings. The maximum Gasteiger partial charge on any atom is 0.242 e. The molecule has 1 amide bonds. The monoisotopic (exact) mass is 355 g/mol. The van der Waals surface area contributed by atoms with Gasteiger partial charge in [-0.25, -0.2) is 10.1 Å². The van der Waals surface area contributed by atoms with Crippen LogP contribution in [-0.4, -0.2) is 38.2 Å². The van der Waals surface area contributed by atoms with Crippen molar-refractivity contribution in [3.05, 3.63) is 24.3 Å². The molecule has 2 heterocycles. The first-order valence-corrected chi connectivity index (χ1v) is 9.30. The first-order chi connectivity index (χ1) is 12.6. The normalized spacial score (nSPS) is 22.7. The third kappa shape index (κ3) is 3.76. The number of rotatable bonds is 6. The molecule has 1 aliphatic heterocycles. The van der Waals surface area contributed by atoms with Gasteiger partial charge in [0.2, 0.25) is 5.91 Å². The van der Waals surface area contributed by atoms with Gasteiger partial charge in [0, 0.05) is 17.3 Å². The topological polar surface area (TPSA) is 96.8 Å². The van der Waals surface area contributed by atoms with Gasteiger partial charge in [0.25, 0.3) is 0 Å². The van der Waals surface area contributed by atoms with Crippen molar-refractivity contribution in [2.24, 2.45) is 5.92 Å². The van der Waals surface area contributed by atoms with E-state index in [0.717, 1.165) is 42.8 Å². The molecule has 4 rings (SSSR count). The van der Waals surface area contributed by atoms with Crippen molar-refractivity contribution >= 4 is 11.6 Å². The third-order valence-corrected chi connectivity index (χ3v) is 4.83. The maximum atomic E-state index is 12.6. The molecule has 0 bridgehead atoms. The summed E-state index contributed by atoms with van der Waals surface area (Å²) in [6.45, 7) is 4.38. The number of amides is 1. The molecule has 138 valence electrons. The molecule has 1 saturated heterocycles. The van der Waals surface area contributed by atoms with E-state index in [1.54, 1.807) is 0 Å². The minimum atomic E-state index is -0.223. The number of carbonyl (C=O) groups is 1. The number of hydrazine groups is 1. The van der Waals surface area contributed by atoms with E-state index in [9.17, 15) is 4.79 Å². The first-order valence-electron chi connectivity index (χ1n) is 9.30. The van der Waals surface area contributed by atoms with Gasteiger partial charge in [-0.15, -0.1) is 5.10 Å². The van der Waals surface area contributed by atoms with Crippen LogP contribution in [0.15, 0.2) is 24.3 Å². The SMILES string of the molecule is CC(C)CC1CC(C(=O)Nc2cccc(-c3nnnn3C3CC3)c2)NN1. The quantitative estimate of drug-likeness (QED) is 0.732. The Hall–Kier alpha value is -2.32. The minimum Gasteiger partial charge on any atom is -0.325 e. The van der Waals surface area contributed by atoms with E-state index in [-0.39, 0.29) is 11.9 Å². The Morgan fingerprint density at radius 1 is 1.35 bits per heavy atom. The highest BCUT2D eigenvalue weighted by Crippen LogP contribution is 2.36. The molecule has 2 aliphatic rings. The Labute approximate surface area is 152 Å². The molecule has 1 saturated carbocycles. The summed E-state index contributed by atoms with van der Waals surface area (Å²) in [5, 5.41) is 15.0. The van der Waals surface area contributed by atoms with Crippen LogP contribution in [-0.2, 0) is 4.79 Å². The molecule has 2 fully saturated rings. The number of hydrogen-bond acceptors (Lipinski definition) is 6. The predicted octanol–water partition coefficient (Wildman–Crippen LogP) is 1.89. The summed E-state index contributed by atoms with van der Waals surface area (Å²) >= 11 is 0. The van der Waals surface area contributed by atoms with E-state index < -0.39 is 0 Å². The maximum absolute atomic E-state index is 12.6. The fraction of sp³-hybridized carbons (Fsp3) is 0.556. The number of anilines is 1. The Morgan fingerprint density at radius 2 is 2.19 bits per heavy atom.